The zero-order valence-electron chi connectivity index (χ0n) is 16.8. The SMILES string of the molecule is CC(CCc1ccc(Br)cc1)NC(=O)C1CCN(C(=O)c2ccc(F)cc2F)CC1. The van der Waals surface area contributed by atoms with Crippen molar-refractivity contribution in [2.24, 2.45) is 5.92 Å². The number of benzene rings is 2. The number of carbonyl (C=O) groups excluding carboxylic acids is 2. The Bertz CT molecular complexity index is 897. The third-order valence-electron chi connectivity index (χ3n) is 5.48. The summed E-state index contributed by atoms with van der Waals surface area (Å²) in [6.07, 6.45) is 2.78. The predicted molar refractivity (Wildman–Crippen MR) is 115 cm³/mol. The molecule has 4 nitrogen and oxygen atoms in total. The molecule has 1 N–H and O–H groups in total. The largest absolute Gasteiger partial charge is 0.353 e. The molecule has 2 aromatic rings. The lowest BCUT2D eigenvalue weighted by molar-refractivity contribution is -0.126. The van der Waals surface area contributed by atoms with Gasteiger partial charge in [0.1, 0.15) is 11.6 Å². The highest BCUT2D eigenvalue weighted by Crippen LogP contribution is 2.21. The van der Waals surface area contributed by atoms with Gasteiger partial charge in [0.15, 0.2) is 0 Å². The molecule has 1 unspecified atom stereocenters. The number of hydrogen-bond donors (Lipinski definition) is 1. The van der Waals surface area contributed by atoms with Crippen LogP contribution in [0.15, 0.2) is 46.9 Å². The molecule has 30 heavy (non-hydrogen) atoms. The van der Waals surface area contributed by atoms with E-state index >= 15 is 0 Å². The van der Waals surface area contributed by atoms with Gasteiger partial charge in [0.05, 0.1) is 5.56 Å². The highest BCUT2D eigenvalue weighted by atomic mass is 79.9. The molecular weight excluding hydrogens is 454 g/mol. The highest BCUT2D eigenvalue weighted by molar-refractivity contribution is 9.10. The lowest BCUT2D eigenvalue weighted by Crippen LogP contribution is -2.45. The van der Waals surface area contributed by atoms with Gasteiger partial charge in [-0.25, -0.2) is 8.78 Å². The average molecular weight is 479 g/mol. The maximum Gasteiger partial charge on any atom is 0.256 e. The van der Waals surface area contributed by atoms with E-state index in [2.05, 4.69) is 33.4 Å². The third-order valence-corrected chi connectivity index (χ3v) is 6.01. The first-order valence-corrected chi connectivity index (χ1v) is 10.9. The van der Waals surface area contributed by atoms with Crippen molar-refractivity contribution in [3.8, 4) is 0 Å². The van der Waals surface area contributed by atoms with Crippen LogP contribution in [0.1, 0.15) is 42.1 Å². The summed E-state index contributed by atoms with van der Waals surface area (Å²) in [5.41, 5.74) is 1.08. The minimum Gasteiger partial charge on any atom is -0.353 e. The lowest BCUT2D eigenvalue weighted by atomic mass is 9.94. The standard InChI is InChI=1S/C23H25BrF2N2O2/c1-15(2-3-16-4-6-18(24)7-5-16)27-22(29)17-10-12-28(13-11-17)23(30)20-9-8-19(25)14-21(20)26/h4-9,14-15,17H,2-3,10-13H2,1H3,(H,27,29). The molecule has 160 valence electrons. The van der Waals surface area contributed by atoms with Gasteiger partial charge in [0.25, 0.3) is 5.91 Å². The van der Waals surface area contributed by atoms with Crippen LogP contribution in [0.4, 0.5) is 8.78 Å². The molecule has 7 heteroatoms. The van der Waals surface area contributed by atoms with Gasteiger partial charge in [-0.05, 0) is 62.4 Å². The number of nitrogens with zero attached hydrogens (tertiary/aromatic N) is 1. The summed E-state index contributed by atoms with van der Waals surface area (Å²) in [5.74, 6) is -2.21. The number of piperidine rings is 1. The van der Waals surface area contributed by atoms with Crippen molar-refractivity contribution in [2.45, 2.75) is 38.6 Å². The van der Waals surface area contributed by atoms with E-state index in [1.165, 1.54) is 16.5 Å². The van der Waals surface area contributed by atoms with E-state index in [-0.39, 0.29) is 23.4 Å². The van der Waals surface area contributed by atoms with Crippen LogP contribution in [-0.2, 0) is 11.2 Å². The Labute approximate surface area is 183 Å². The van der Waals surface area contributed by atoms with Gasteiger partial charge in [0.2, 0.25) is 5.91 Å². The zero-order valence-corrected chi connectivity index (χ0v) is 18.4. The van der Waals surface area contributed by atoms with Gasteiger partial charge in [-0.15, -0.1) is 0 Å². The fourth-order valence-electron chi connectivity index (χ4n) is 3.65. The molecular formula is C23H25BrF2N2O2. The monoisotopic (exact) mass is 478 g/mol. The molecule has 3 rings (SSSR count). The van der Waals surface area contributed by atoms with Crippen molar-refractivity contribution in [3.05, 3.63) is 69.7 Å². The minimum absolute atomic E-state index is 0.00151. The van der Waals surface area contributed by atoms with Crippen LogP contribution in [0.2, 0.25) is 0 Å². The van der Waals surface area contributed by atoms with Crippen LogP contribution in [-0.4, -0.2) is 35.8 Å². The van der Waals surface area contributed by atoms with Crippen molar-refractivity contribution in [1.29, 1.82) is 0 Å². The molecule has 0 radical (unpaired) electrons. The summed E-state index contributed by atoms with van der Waals surface area (Å²) in [6, 6.07) is 11.1. The second kappa shape index (κ2) is 10.2. The fourth-order valence-corrected chi connectivity index (χ4v) is 3.91. The maximum atomic E-state index is 13.9. The van der Waals surface area contributed by atoms with Gasteiger partial charge >= 0.3 is 0 Å². The van der Waals surface area contributed by atoms with E-state index in [4.69, 9.17) is 0 Å². The Morgan fingerprint density at radius 2 is 1.80 bits per heavy atom. The molecule has 1 atom stereocenters. The van der Waals surface area contributed by atoms with Crippen molar-refractivity contribution < 1.29 is 18.4 Å². The number of halogens is 3. The topological polar surface area (TPSA) is 49.4 Å². The first-order chi connectivity index (χ1) is 14.3. The summed E-state index contributed by atoms with van der Waals surface area (Å²) in [4.78, 5) is 26.6. The molecule has 0 aliphatic carbocycles. The number of hydrogen-bond acceptors (Lipinski definition) is 2. The molecule has 1 fully saturated rings. The minimum atomic E-state index is -0.862. The van der Waals surface area contributed by atoms with Crippen LogP contribution < -0.4 is 5.32 Å². The smallest absolute Gasteiger partial charge is 0.256 e. The van der Waals surface area contributed by atoms with Crippen molar-refractivity contribution in [1.82, 2.24) is 10.2 Å². The third kappa shape index (κ3) is 5.88. The van der Waals surface area contributed by atoms with Gasteiger partial charge in [-0.2, -0.15) is 0 Å². The first-order valence-electron chi connectivity index (χ1n) is 10.1. The molecule has 0 saturated carbocycles. The van der Waals surface area contributed by atoms with E-state index in [0.29, 0.717) is 32.0 Å². The summed E-state index contributed by atoms with van der Waals surface area (Å²) in [5, 5.41) is 3.07. The van der Waals surface area contributed by atoms with Gasteiger partial charge in [-0.3, -0.25) is 9.59 Å². The van der Waals surface area contributed by atoms with E-state index in [0.717, 1.165) is 23.4 Å². The van der Waals surface area contributed by atoms with E-state index < -0.39 is 17.5 Å². The predicted octanol–water partition coefficient (Wildman–Crippen LogP) is 4.72. The number of rotatable bonds is 6. The number of likely N-dealkylation sites (tertiary alicyclic amines) is 1. The summed E-state index contributed by atoms with van der Waals surface area (Å²) in [7, 11) is 0. The van der Waals surface area contributed by atoms with Crippen molar-refractivity contribution >= 4 is 27.7 Å². The molecule has 2 amide bonds. The van der Waals surface area contributed by atoms with Crippen LogP contribution in [0.25, 0.3) is 0 Å². The first kappa shape index (κ1) is 22.4. The number of aryl methyl sites for hydroxylation is 1. The summed E-state index contributed by atoms with van der Waals surface area (Å²) >= 11 is 3.42. The normalized spacial score (nSPS) is 15.7. The quantitative estimate of drug-likeness (QED) is 0.652. The van der Waals surface area contributed by atoms with Crippen LogP contribution >= 0.6 is 15.9 Å². The van der Waals surface area contributed by atoms with E-state index in [9.17, 15) is 18.4 Å². The Morgan fingerprint density at radius 1 is 1.13 bits per heavy atom. The zero-order chi connectivity index (χ0) is 21.7. The van der Waals surface area contributed by atoms with Crippen LogP contribution in [0.5, 0.6) is 0 Å². The molecule has 1 heterocycles. The number of amides is 2. The molecule has 0 aromatic heterocycles. The molecule has 2 aromatic carbocycles. The summed E-state index contributed by atoms with van der Waals surface area (Å²) < 4.78 is 28.0. The Balaban J connectivity index is 1.45. The van der Waals surface area contributed by atoms with E-state index in [1.54, 1.807) is 0 Å². The molecule has 1 saturated heterocycles. The molecule has 0 bridgehead atoms. The fraction of sp³-hybridized carbons (Fsp3) is 0.391. The highest BCUT2D eigenvalue weighted by Gasteiger charge is 2.29. The number of carbonyl (C=O) groups is 2. The molecule has 1 aliphatic rings. The van der Waals surface area contributed by atoms with E-state index in [1.807, 2.05) is 19.1 Å². The second-order valence-corrected chi connectivity index (χ2v) is 8.68. The Hall–Kier alpha value is -2.28. The average Bonchev–Trinajstić information content (AvgIpc) is 2.73. The Morgan fingerprint density at radius 3 is 2.43 bits per heavy atom. The lowest BCUT2D eigenvalue weighted by Gasteiger charge is -2.32. The van der Waals surface area contributed by atoms with Gasteiger partial charge in [0, 0.05) is 35.6 Å². The van der Waals surface area contributed by atoms with Gasteiger partial charge < -0.3 is 10.2 Å². The Kier molecular flexibility index (Phi) is 7.58. The second-order valence-electron chi connectivity index (χ2n) is 7.77. The van der Waals surface area contributed by atoms with Crippen molar-refractivity contribution in [2.75, 3.05) is 13.1 Å². The number of nitrogens with one attached hydrogen (secondary N) is 1. The summed E-state index contributed by atoms with van der Waals surface area (Å²) in [6.45, 7) is 2.74. The maximum absolute atomic E-state index is 13.9. The van der Waals surface area contributed by atoms with Crippen molar-refractivity contribution in [3.63, 3.8) is 0 Å². The van der Waals surface area contributed by atoms with Crippen LogP contribution in [0, 0.1) is 17.6 Å². The van der Waals surface area contributed by atoms with Gasteiger partial charge in [-0.1, -0.05) is 28.1 Å². The molecule has 1 aliphatic heterocycles. The van der Waals surface area contributed by atoms with Crippen LogP contribution in [0.3, 0.4) is 0 Å². The molecule has 0 spiro atoms.